The largest absolute Gasteiger partial charge is 0.383 e. The molecule has 1 heterocycles. The Morgan fingerprint density at radius 3 is 2.47 bits per heavy atom. The second-order valence-corrected chi connectivity index (χ2v) is 4.26. The standard InChI is InChI=1S/C12H20N4O3/c1-4-6-7-16-10(13)9(11(18)14-12(16)19)15(5-2)8(3)17/h4-7,13H2,1-3H3,(H,14,18,19). The summed E-state index contributed by atoms with van der Waals surface area (Å²) >= 11 is 0. The Bertz CT molecular complexity index is 573. The average molecular weight is 268 g/mol. The van der Waals surface area contributed by atoms with Crippen LogP contribution >= 0.6 is 0 Å². The molecule has 19 heavy (non-hydrogen) atoms. The average Bonchev–Trinajstić information content (AvgIpc) is 2.33. The molecule has 3 N–H and O–H groups in total. The molecule has 0 aromatic carbocycles. The van der Waals surface area contributed by atoms with Crippen molar-refractivity contribution in [3.05, 3.63) is 20.8 Å². The maximum atomic E-state index is 11.8. The first-order valence-corrected chi connectivity index (χ1v) is 6.34. The summed E-state index contributed by atoms with van der Waals surface area (Å²) < 4.78 is 1.30. The van der Waals surface area contributed by atoms with Gasteiger partial charge in [0, 0.05) is 20.0 Å². The molecule has 106 valence electrons. The van der Waals surface area contributed by atoms with Crippen molar-refractivity contribution >= 4 is 17.4 Å². The molecule has 7 nitrogen and oxygen atoms in total. The van der Waals surface area contributed by atoms with Gasteiger partial charge in [0.2, 0.25) is 5.91 Å². The van der Waals surface area contributed by atoms with Crippen LogP contribution in [0.2, 0.25) is 0 Å². The van der Waals surface area contributed by atoms with Gasteiger partial charge in [-0.1, -0.05) is 13.3 Å². The fraction of sp³-hybridized carbons (Fsp3) is 0.583. The number of unbranched alkanes of at least 4 members (excludes halogenated alkanes) is 1. The van der Waals surface area contributed by atoms with E-state index in [1.807, 2.05) is 6.92 Å². The molecule has 0 bridgehead atoms. The SMILES string of the molecule is CCCCn1c(N)c(N(CC)C(C)=O)c(=O)[nH]c1=O. The Hall–Kier alpha value is -2.05. The lowest BCUT2D eigenvalue weighted by atomic mass is 10.3. The third-order valence-corrected chi connectivity index (χ3v) is 2.92. The third kappa shape index (κ3) is 3.04. The van der Waals surface area contributed by atoms with E-state index in [0.717, 1.165) is 12.8 Å². The fourth-order valence-electron chi connectivity index (χ4n) is 1.91. The van der Waals surface area contributed by atoms with E-state index in [-0.39, 0.29) is 17.4 Å². The Morgan fingerprint density at radius 1 is 1.37 bits per heavy atom. The first-order valence-electron chi connectivity index (χ1n) is 6.34. The molecule has 0 aliphatic heterocycles. The monoisotopic (exact) mass is 268 g/mol. The van der Waals surface area contributed by atoms with Crippen LogP contribution in [0, 0.1) is 0 Å². The maximum Gasteiger partial charge on any atom is 0.330 e. The minimum Gasteiger partial charge on any atom is -0.383 e. The molecule has 0 aliphatic rings. The molecular weight excluding hydrogens is 248 g/mol. The van der Waals surface area contributed by atoms with Crippen molar-refractivity contribution < 1.29 is 4.79 Å². The van der Waals surface area contributed by atoms with Crippen LogP contribution in [0.3, 0.4) is 0 Å². The summed E-state index contributed by atoms with van der Waals surface area (Å²) in [5, 5.41) is 0. The van der Waals surface area contributed by atoms with Crippen molar-refractivity contribution in [3.63, 3.8) is 0 Å². The van der Waals surface area contributed by atoms with Crippen LogP contribution in [0.1, 0.15) is 33.6 Å². The highest BCUT2D eigenvalue weighted by atomic mass is 16.2. The highest BCUT2D eigenvalue weighted by Gasteiger charge is 2.20. The van der Waals surface area contributed by atoms with Gasteiger partial charge in [0.05, 0.1) is 0 Å². The number of carbonyl (C=O) groups excluding carboxylic acids is 1. The van der Waals surface area contributed by atoms with E-state index in [1.54, 1.807) is 6.92 Å². The van der Waals surface area contributed by atoms with E-state index >= 15 is 0 Å². The number of anilines is 2. The molecule has 0 aliphatic carbocycles. The summed E-state index contributed by atoms with van der Waals surface area (Å²) in [4.78, 5) is 38.6. The van der Waals surface area contributed by atoms with Crippen molar-refractivity contribution in [2.45, 2.75) is 40.2 Å². The zero-order chi connectivity index (χ0) is 14.6. The first-order chi connectivity index (χ1) is 8.93. The van der Waals surface area contributed by atoms with Gasteiger partial charge < -0.3 is 10.6 Å². The van der Waals surface area contributed by atoms with Gasteiger partial charge in [-0.2, -0.15) is 0 Å². The minimum absolute atomic E-state index is 0.0410. The molecule has 0 fully saturated rings. The van der Waals surface area contributed by atoms with Crippen LogP contribution < -0.4 is 21.9 Å². The highest BCUT2D eigenvalue weighted by molar-refractivity contribution is 5.93. The van der Waals surface area contributed by atoms with E-state index in [4.69, 9.17) is 5.73 Å². The van der Waals surface area contributed by atoms with Gasteiger partial charge in [-0.25, -0.2) is 4.79 Å². The molecular formula is C12H20N4O3. The fourth-order valence-corrected chi connectivity index (χ4v) is 1.91. The molecule has 7 heteroatoms. The molecule has 0 saturated heterocycles. The van der Waals surface area contributed by atoms with Crippen molar-refractivity contribution in [1.82, 2.24) is 9.55 Å². The predicted octanol–water partition coefficient (Wildman–Crippen LogP) is 0.292. The molecule has 0 atom stereocenters. The second kappa shape index (κ2) is 6.21. The summed E-state index contributed by atoms with van der Waals surface area (Å²) in [5.74, 6) is -0.250. The van der Waals surface area contributed by atoms with Crippen molar-refractivity contribution in [2.75, 3.05) is 17.2 Å². The zero-order valence-corrected chi connectivity index (χ0v) is 11.5. The highest BCUT2D eigenvalue weighted by Crippen LogP contribution is 2.16. The topological polar surface area (TPSA) is 101 Å². The number of amides is 1. The van der Waals surface area contributed by atoms with Gasteiger partial charge in [-0.3, -0.25) is 19.1 Å². The number of hydrogen-bond acceptors (Lipinski definition) is 4. The number of carbonyl (C=O) groups is 1. The second-order valence-electron chi connectivity index (χ2n) is 4.26. The van der Waals surface area contributed by atoms with Crippen LogP contribution in [0.5, 0.6) is 0 Å². The third-order valence-electron chi connectivity index (χ3n) is 2.92. The number of rotatable bonds is 5. The number of aromatic nitrogens is 2. The summed E-state index contributed by atoms with van der Waals surface area (Å²) in [6.07, 6.45) is 1.66. The van der Waals surface area contributed by atoms with Crippen LogP contribution in [0.25, 0.3) is 0 Å². The lowest BCUT2D eigenvalue weighted by molar-refractivity contribution is -0.116. The molecule has 1 amide bonds. The van der Waals surface area contributed by atoms with E-state index in [9.17, 15) is 14.4 Å². The van der Waals surface area contributed by atoms with Crippen molar-refractivity contribution in [2.24, 2.45) is 0 Å². The van der Waals surface area contributed by atoms with E-state index in [0.29, 0.717) is 13.1 Å². The van der Waals surface area contributed by atoms with Gasteiger partial charge in [0.25, 0.3) is 5.56 Å². The van der Waals surface area contributed by atoms with E-state index in [2.05, 4.69) is 4.98 Å². The zero-order valence-electron chi connectivity index (χ0n) is 11.5. The number of H-pyrrole nitrogens is 1. The van der Waals surface area contributed by atoms with Gasteiger partial charge in [-0.15, -0.1) is 0 Å². The predicted molar refractivity (Wildman–Crippen MR) is 74.3 cm³/mol. The number of aromatic amines is 1. The molecule has 0 saturated carbocycles. The summed E-state index contributed by atoms with van der Waals surface area (Å²) in [6.45, 7) is 5.81. The lowest BCUT2D eigenvalue weighted by Crippen LogP contribution is -2.40. The summed E-state index contributed by atoms with van der Waals surface area (Å²) in [6, 6.07) is 0. The molecule has 0 unspecified atom stereocenters. The minimum atomic E-state index is -0.632. The smallest absolute Gasteiger partial charge is 0.330 e. The van der Waals surface area contributed by atoms with E-state index < -0.39 is 11.2 Å². The van der Waals surface area contributed by atoms with E-state index in [1.165, 1.54) is 16.4 Å². The number of nitrogens with one attached hydrogen (secondary N) is 1. The first kappa shape index (κ1) is 15.0. The van der Waals surface area contributed by atoms with Crippen molar-refractivity contribution in [3.8, 4) is 0 Å². The Labute approximate surface area is 111 Å². The molecule has 0 radical (unpaired) electrons. The quantitative estimate of drug-likeness (QED) is 0.801. The maximum absolute atomic E-state index is 11.8. The Morgan fingerprint density at radius 2 is 2.00 bits per heavy atom. The Kier molecular flexibility index (Phi) is 4.91. The molecule has 1 aromatic heterocycles. The van der Waals surface area contributed by atoms with Gasteiger partial charge in [0.15, 0.2) is 5.69 Å². The van der Waals surface area contributed by atoms with Crippen LogP contribution in [0.4, 0.5) is 11.5 Å². The number of nitrogens with zero attached hydrogens (tertiary/aromatic N) is 2. The van der Waals surface area contributed by atoms with Crippen LogP contribution in [0.15, 0.2) is 9.59 Å². The molecule has 0 spiro atoms. The normalized spacial score (nSPS) is 10.5. The number of nitrogens with two attached hydrogens (primary N) is 1. The van der Waals surface area contributed by atoms with Gasteiger partial charge >= 0.3 is 5.69 Å². The Balaban J connectivity index is 3.44. The molecule has 1 rings (SSSR count). The van der Waals surface area contributed by atoms with Crippen LogP contribution in [-0.2, 0) is 11.3 Å². The van der Waals surface area contributed by atoms with Gasteiger partial charge in [0.1, 0.15) is 5.82 Å². The number of nitrogen functional groups attached to an aromatic ring is 1. The number of hydrogen-bond donors (Lipinski definition) is 2. The van der Waals surface area contributed by atoms with Crippen molar-refractivity contribution in [1.29, 1.82) is 0 Å². The summed E-state index contributed by atoms with van der Waals surface area (Å²) in [7, 11) is 0. The lowest BCUT2D eigenvalue weighted by Gasteiger charge is -2.21. The van der Waals surface area contributed by atoms with Gasteiger partial charge in [-0.05, 0) is 13.3 Å². The molecule has 1 aromatic rings. The van der Waals surface area contributed by atoms with Crippen LogP contribution in [-0.4, -0.2) is 22.0 Å². The summed E-state index contributed by atoms with van der Waals surface area (Å²) in [5.41, 5.74) is 4.76.